The van der Waals surface area contributed by atoms with Crippen LogP contribution in [0.2, 0.25) is 0 Å². The zero-order chi connectivity index (χ0) is 14.6. The van der Waals surface area contributed by atoms with E-state index in [4.69, 9.17) is 4.74 Å². The van der Waals surface area contributed by atoms with Crippen LogP contribution < -0.4 is 5.73 Å². The fraction of sp³-hybridized carbons (Fsp3) is 0.692. The van der Waals surface area contributed by atoms with Gasteiger partial charge in [-0.2, -0.15) is 0 Å². The second kappa shape index (κ2) is 12.0. The van der Waals surface area contributed by atoms with Crippen molar-refractivity contribution in [2.45, 2.75) is 53.1 Å². The Balaban J connectivity index is 0. The third-order valence-corrected chi connectivity index (χ3v) is 1.91. The molecule has 0 rings (SSSR count). The topological polar surface area (TPSA) is 78.6 Å². The molecule has 1 unspecified atom stereocenters. The molecule has 1 amide bonds. The average Bonchev–Trinajstić information content (AvgIpc) is 2.26. The number of ether oxygens (including phenoxy) is 2. The van der Waals surface area contributed by atoms with Crippen LogP contribution in [-0.2, 0) is 14.3 Å². The van der Waals surface area contributed by atoms with Crippen molar-refractivity contribution in [3.63, 3.8) is 0 Å². The largest absolute Gasteiger partial charge is 0.459 e. The second-order valence-electron chi connectivity index (χ2n) is 3.89. The molecule has 0 fully saturated rings. The number of rotatable bonds is 6. The van der Waals surface area contributed by atoms with Crippen LogP contribution in [0.5, 0.6) is 0 Å². The van der Waals surface area contributed by atoms with Crippen molar-refractivity contribution in [3.8, 4) is 0 Å². The summed E-state index contributed by atoms with van der Waals surface area (Å²) in [5.41, 5.74) is 5.01. The fourth-order valence-electron chi connectivity index (χ4n) is 0.976. The maximum absolute atomic E-state index is 11.0. The molecule has 2 N–H and O–H groups in total. The Hall–Kier alpha value is -1.52. The highest BCUT2D eigenvalue weighted by molar-refractivity contribution is 5.87. The summed E-state index contributed by atoms with van der Waals surface area (Å²) < 4.78 is 9.26. The lowest BCUT2D eigenvalue weighted by molar-refractivity contribution is -0.143. The van der Waals surface area contributed by atoms with Crippen LogP contribution in [0.25, 0.3) is 0 Å². The summed E-state index contributed by atoms with van der Waals surface area (Å²) in [5, 5.41) is 0. The van der Waals surface area contributed by atoms with E-state index in [2.05, 4.69) is 24.0 Å². The number of amides is 1. The quantitative estimate of drug-likeness (QED) is 0.587. The number of primary amides is 1. The van der Waals surface area contributed by atoms with Crippen molar-refractivity contribution < 1.29 is 19.1 Å². The van der Waals surface area contributed by atoms with Crippen molar-refractivity contribution in [2.75, 3.05) is 6.61 Å². The van der Waals surface area contributed by atoms with E-state index < -0.39 is 6.09 Å². The molecule has 0 aromatic rings. The van der Waals surface area contributed by atoms with E-state index >= 15 is 0 Å². The highest BCUT2D eigenvalue weighted by atomic mass is 16.5. The van der Waals surface area contributed by atoms with Gasteiger partial charge in [0.1, 0.15) is 0 Å². The lowest BCUT2D eigenvalue weighted by Crippen LogP contribution is -2.14. The second-order valence-corrected chi connectivity index (χ2v) is 3.89. The maximum atomic E-state index is 11.0. The van der Waals surface area contributed by atoms with Crippen molar-refractivity contribution in [1.29, 1.82) is 0 Å². The number of esters is 1. The molecule has 0 aromatic carbocycles. The SMILES string of the molecule is C=C(C)C(=O)OC(C)CCCC.CCOC(N)=O. The van der Waals surface area contributed by atoms with Gasteiger partial charge in [0, 0.05) is 5.57 Å². The summed E-state index contributed by atoms with van der Waals surface area (Å²) in [6, 6.07) is 0. The molecule has 106 valence electrons. The molecule has 1 atom stereocenters. The molecule has 0 spiro atoms. The molecule has 0 aliphatic heterocycles. The zero-order valence-corrected chi connectivity index (χ0v) is 11.8. The summed E-state index contributed by atoms with van der Waals surface area (Å²) in [6.07, 6.45) is 2.49. The molecular weight excluding hydrogens is 234 g/mol. The van der Waals surface area contributed by atoms with Gasteiger partial charge in [-0.05, 0) is 27.2 Å². The predicted octanol–water partition coefficient (Wildman–Crippen LogP) is 2.79. The van der Waals surface area contributed by atoms with E-state index in [1.54, 1.807) is 13.8 Å². The molecule has 5 nitrogen and oxygen atoms in total. The van der Waals surface area contributed by atoms with E-state index in [1.165, 1.54) is 0 Å². The summed E-state index contributed by atoms with van der Waals surface area (Å²) in [7, 11) is 0. The number of hydrogen-bond donors (Lipinski definition) is 1. The highest BCUT2D eigenvalue weighted by Crippen LogP contribution is 2.06. The van der Waals surface area contributed by atoms with Gasteiger partial charge in [0.05, 0.1) is 12.7 Å². The number of hydrogen-bond acceptors (Lipinski definition) is 4. The van der Waals surface area contributed by atoms with Crippen molar-refractivity contribution in [1.82, 2.24) is 0 Å². The summed E-state index contributed by atoms with van der Waals surface area (Å²) in [4.78, 5) is 20.6. The van der Waals surface area contributed by atoms with Crippen LogP contribution in [0.3, 0.4) is 0 Å². The molecule has 18 heavy (non-hydrogen) atoms. The zero-order valence-electron chi connectivity index (χ0n) is 11.8. The van der Waals surface area contributed by atoms with Gasteiger partial charge in [0.25, 0.3) is 0 Å². The first kappa shape index (κ1) is 18.8. The fourth-order valence-corrected chi connectivity index (χ4v) is 0.976. The van der Waals surface area contributed by atoms with E-state index in [0.717, 1.165) is 19.3 Å². The van der Waals surface area contributed by atoms with Gasteiger partial charge in [-0.25, -0.2) is 9.59 Å². The third-order valence-electron chi connectivity index (χ3n) is 1.91. The first-order valence-corrected chi connectivity index (χ1v) is 6.13. The van der Waals surface area contributed by atoms with Gasteiger partial charge in [0.2, 0.25) is 0 Å². The first-order valence-electron chi connectivity index (χ1n) is 6.13. The monoisotopic (exact) mass is 259 g/mol. The highest BCUT2D eigenvalue weighted by Gasteiger charge is 2.08. The van der Waals surface area contributed by atoms with Gasteiger partial charge < -0.3 is 15.2 Å². The summed E-state index contributed by atoms with van der Waals surface area (Å²) in [5.74, 6) is -0.279. The van der Waals surface area contributed by atoms with Crippen molar-refractivity contribution in [2.24, 2.45) is 5.73 Å². The van der Waals surface area contributed by atoms with Crippen LogP contribution in [0, 0.1) is 0 Å². The third kappa shape index (κ3) is 14.5. The minimum atomic E-state index is -0.711. The number of nitrogens with two attached hydrogens (primary N) is 1. The maximum Gasteiger partial charge on any atom is 0.404 e. The van der Waals surface area contributed by atoms with Gasteiger partial charge >= 0.3 is 12.1 Å². The Morgan fingerprint density at radius 1 is 1.33 bits per heavy atom. The normalized spacial score (nSPS) is 10.7. The lowest BCUT2D eigenvalue weighted by Gasteiger charge is -2.11. The molecule has 0 heterocycles. The van der Waals surface area contributed by atoms with Crippen LogP contribution >= 0.6 is 0 Å². The van der Waals surface area contributed by atoms with Crippen LogP contribution in [0.1, 0.15) is 47.0 Å². The Kier molecular flexibility index (Phi) is 12.5. The van der Waals surface area contributed by atoms with E-state index in [-0.39, 0.29) is 12.1 Å². The van der Waals surface area contributed by atoms with Gasteiger partial charge in [0.15, 0.2) is 0 Å². The predicted molar refractivity (Wildman–Crippen MR) is 71.1 cm³/mol. The van der Waals surface area contributed by atoms with E-state index in [0.29, 0.717) is 12.2 Å². The molecule has 5 heteroatoms. The number of carbonyl (C=O) groups is 2. The Bertz CT molecular complexity index is 264. The minimum Gasteiger partial charge on any atom is -0.459 e. The molecule has 0 aliphatic carbocycles. The van der Waals surface area contributed by atoms with Crippen LogP contribution in [0.4, 0.5) is 4.79 Å². The molecule has 0 saturated carbocycles. The van der Waals surface area contributed by atoms with Crippen LogP contribution in [-0.4, -0.2) is 24.8 Å². The average molecular weight is 259 g/mol. The Morgan fingerprint density at radius 2 is 1.89 bits per heavy atom. The smallest absolute Gasteiger partial charge is 0.404 e. The standard InChI is InChI=1S/C10H18O2.C3H7NO2/c1-5-6-7-9(4)12-10(11)8(2)3;1-2-6-3(4)5/h9H,2,5-7H2,1,3-4H3;2H2,1H3,(H2,4,5). The minimum absolute atomic E-state index is 0.0224. The van der Waals surface area contributed by atoms with Gasteiger partial charge in [-0.15, -0.1) is 0 Å². The number of carbonyl (C=O) groups excluding carboxylic acids is 2. The number of unbranched alkanes of at least 4 members (excludes halogenated alkanes) is 1. The van der Waals surface area contributed by atoms with E-state index in [9.17, 15) is 9.59 Å². The molecular formula is C13H25NO4. The van der Waals surface area contributed by atoms with Gasteiger partial charge in [-0.3, -0.25) is 0 Å². The van der Waals surface area contributed by atoms with E-state index in [1.807, 2.05) is 6.92 Å². The molecule has 0 aromatic heterocycles. The summed E-state index contributed by atoms with van der Waals surface area (Å²) in [6.45, 7) is 11.3. The molecule has 0 radical (unpaired) electrons. The van der Waals surface area contributed by atoms with Crippen molar-refractivity contribution in [3.05, 3.63) is 12.2 Å². The molecule has 0 bridgehead atoms. The summed E-state index contributed by atoms with van der Waals surface area (Å²) >= 11 is 0. The van der Waals surface area contributed by atoms with Crippen molar-refractivity contribution >= 4 is 12.1 Å². The van der Waals surface area contributed by atoms with Gasteiger partial charge in [-0.1, -0.05) is 26.3 Å². The lowest BCUT2D eigenvalue weighted by atomic mass is 10.2. The first-order chi connectivity index (χ1) is 8.34. The molecule has 0 aliphatic rings. The van der Waals surface area contributed by atoms with Crippen LogP contribution in [0.15, 0.2) is 12.2 Å². The Morgan fingerprint density at radius 3 is 2.17 bits per heavy atom. The Labute approximate surface area is 109 Å². The molecule has 0 saturated heterocycles.